The molecule has 14 N–H and O–H groups in total. The zero-order valence-electron chi connectivity index (χ0n) is 52.9. The van der Waals surface area contributed by atoms with Gasteiger partial charge in [-0.15, -0.1) is 0 Å². The number of guanidine groups is 1. The Kier molecular flexibility index (Phi) is 27.1. The first-order valence-corrected chi connectivity index (χ1v) is 31.0. The highest BCUT2D eigenvalue weighted by atomic mass is 16.5. The Hall–Kier alpha value is -9.62. The number of rotatable bonds is 32. The number of nitrogens with zero attached hydrogens (tertiary/aromatic N) is 3. The quantitative estimate of drug-likeness (QED) is 0.0189. The molecule has 1 saturated heterocycles. The van der Waals surface area contributed by atoms with Crippen LogP contribution in [0.4, 0.5) is 9.59 Å². The molecule has 1 aromatic heterocycles. The number of nitrogens with two attached hydrogens (primary N) is 2. The number of likely N-dealkylation sites (N-methyl/N-ethyl adjacent to an activating group) is 1. The standard InChI is InChI=1S/C65H89N15O11/c1-8-48(74-60(86)53(35-42-17-13-29-70-36-42)79-65(90)91-37-47-45-20-11-9-18-43(45)44-19-10-12-21-46(44)47)56(82)78-52(34-41-27-25-39(4)26-28-41)59(85)75-49(22-14-31-72-64(67)89)57(83)77-51(33-38(2)3)58(84)76-50(23-15-30-71-63(66)69-7)62(88)80-32-16-24-54(80)61(87)73-40(5)55(81)68-6/h9-13,17-21,25-29,36,38,40,47-54H,8,14-16,22-24,30-35,37H2,1-7H3,(H,68,81)(H,73,87)(H,74,86)(H,75,85)(H,76,84)(H,77,83)(H,78,82)(H,79,90)(H3,66,69,71)(H3,67,72,89)/t40-,48+,49-,50+,51+,52+,53-,54-/m1/s1. The van der Waals surface area contributed by atoms with Crippen LogP contribution < -0.4 is 64.6 Å². The van der Waals surface area contributed by atoms with E-state index in [1.807, 2.05) is 81.4 Å². The van der Waals surface area contributed by atoms with Crippen LogP contribution in [0.1, 0.15) is 113 Å². The van der Waals surface area contributed by atoms with E-state index >= 15 is 0 Å². The minimum absolute atomic E-state index is 0.00112. The van der Waals surface area contributed by atoms with Crippen LogP contribution in [0.2, 0.25) is 0 Å². The molecule has 6 rings (SSSR count). The zero-order valence-corrected chi connectivity index (χ0v) is 52.9. The maximum absolute atomic E-state index is 14.8. The number of amides is 11. The van der Waals surface area contributed by atoms with Crippen LogP contribution in [-0.2, 0) is 55.9 Å². The average Bonchev–Trinajstić information content (AvgIpc) is 1.69. The van der Waals surface area contributed by atoms with E-state index in [9.17, 15) is 47.9 Å². The molecule has 2 heterocycles. The minimum atomic E-state index is -1.39. The van der Waals surface area contributed by atoms with Crippen LogP contribution in [0.5, 0.6) is 0 Å². The molecule has 0 unspecified atom stereocenters. The largest absolute Gasteiger partial charge is 0.449 e. The number of fused-ring (bicyclic) bond motifs is 3. The van der Waals surface area contributed by atoms with Gasteiger partial charge in [0.05, 0.1) is 0 Å². The third kappa shape index (κ3) is 21.0. The van der Waals surface area contributed by atoms with E-state index in [0.717, 1.165) is 27.8 Å². The molecule has 0 spiro atoms. The van der Waals surface area contributed by atoms with Gasteiger partial charge in [0.1, 0.15) is 54.9 Å². The summed E-state index contributed by atoms with van der Waals surface area (Å²) >= 11 is 0. The molecule has 1 fully saturated rings. The summed E-state index contributed by atoms with van der Waals surface area (Å²) in [5.74, 6) is -5.66. The normalized spacial score (nSPS) is 15.8. The van der Waals surface area contributed by atoms with Crippen molar-refractivity contribution in [1.82, 2.24) is 63.1 Å². The number of likely N-dealkylation sites (tertiary alicyclic amines) is 1. The summed E-state index contributed by atoms with van der Waals surface area (Å²) in [5, 5.41) is 27.3. The van der Waals surface area contributed by atoms with Gasteiger partial charge in [-0.2, -0.15) is 0 Å². The third-order valence-corrected chi connectivity index (χ3v) is 16.0. The fourth-order valence-electron chi connectivity index (χ4n) is 11.1. The summed E-state index contributed by atoms with van der Waals surface area (Å²) in [4.78, 5) is 148. The van der Waals surface area contributed by atoms with E-state index in [2.05, 4.69) is 63.1 Å². The van der Waals surface area contributed by atoms with Gasteiger partial charge in [0.2, 0.25) is 47.3 Å². The molecule has 11 amide bonds. The van der Waals surface area contributed by atoms with Gasteiger partial charge < -0.3 is 74.3 Å². The lowest BCUT2D eigenvalue weighted by molar-refractivity contribution is -0.142. The summed E-state index contributed by atoms with van der Waals surface area (Å²) < 4.78 is 5.83. The Morgan fingerprint density at radius 1 is 0.637 bits per heavy atom. The number of ether oxygens (including phenoxy) is 1. The van der Waals surface area contributed by atoms with E-state index in [0.29, 0.717) is 30.4 Å². The molecule has 3 aromatic carbocycles. The van der Waals surface area contributed by atoms with Crippen molar-refractivity contribution < 1.29 is 52.7 Å². The van der Waals surface area contributed by atoms with E-state index in [1.54, 1.807) is 43.6 Å². The second kappa shape index (κ2) is 35.0. The van der Waals surface area contributed by atoms with Crippen molar-refractivity contribution in [2.24, 2.45) is 22.4 Å². The number of carbonyl (C=O) groups excluding carboxylic acids is 10. The van der Waals surface area contributed by atoms with Crippen molar-refractivity contribution in [1.29, 1.82) is 0 Å². The molecule has 26 nitrogen and oxygen atoms in total. The van der Waals surface area contributed by atoms with Gasteiger partial charge in [-0.05, 0) is 111 Å². The number of nitrogens with one attached hydrogen (secondary N) is 10. The molecule has 0 saturated carbocycles. The number of urea groups is 1. The molecule has 4 aromatic rings. The Balaban J connectivity index is 1.20. The molecule has 1 aliphatic heterocycles. The van der Waals surface area contributed by atoms with Crippen molar-refractivity contribution >= 4 is 65.3 Å². The summed E-state index contributed by atoms with van der Waals surface area (Å²) in [6.45, 7) is 9.16. The Morgan fingerprint density at radius 2 is 1.19 bits per heavy atom. The van der Waals surface area contributed by atoms with Gasteiger partial charge in [-0.1, -0.05) is 105 Å². The van der Waals surface area contributed by atoms with Crippen molar-refractivity contribution in [3.8, 4) is 11.1 Å². The van der Waals surface area contributed by atoms with Gasteiger partial charge in [0.15, 0.2) is 5.96 Å². The Morgan fingerprint density at radius 3 is 1.79 bits per heavy atom. The third-order valence-electron chi connectivity index (χ3n) is 16.0. The highest BCUT2D eigenvalue weighted by molar-refractivity contribution is 5.98. The van der Waals surface area contributed by atoms with E-state index in [4.69, 9.17) is 16.2 Å². The summed E-state index contributed by atoms with van der Waals surface area (Å²) in [7, 11) is 2.94. The fourth-order valence-corrected chi connectivity index (χ4v) is 11.1. The second-order valence-corrected chi connectivity index (χ2v) is 23.3. The van der Waals surface area contributed by atoms with Gasteiger partial charge in [0.25, 0.3) is 0 Å². The number of carbonyl (C=O) groups is 10. The van der Waals surface area contributed by atoms with Crippen LogP contribution in [0.15, 0.2) is 102 Å². The smallest absolute Gasteiger partial charge is 0.407 e. The number of aryl methyl sites for hydroxylation is 1. The van der Waals surface area contributed by atoms with Crippen molar-refractivity contribution in [2.45, 2.75) is 153 Å². The molecule has 1 aliphatic carbocycles. The molecule has 0 bridgehead atoms. The molecule has 2 aliphatic rings. The highest BCUT2D eigenvalue weighted by Crippen LogP contribution is 2.44. The molecular formula is C65H89N15O11. The summed E-state index contributed by atoms with van der Waals surface area (Å²) in [6, 6.07) is 16.0. The SMILES string of the molecule is CC[C@H](NC(=O)[C@@H](Cc1cccnc1)NC(=O)OCC1c2ccccc2-c2ccccc21)C(=O)N[C@@H](Cc1ccc(C)cc1)C(=O)N[C@H](CCCNC(N)=O)C(=O)N[C@@H](CC(C)C)C(=O)N[C@@H](CCCNC(N)=NC)C(=O)N1CCC[C@@H]1C(=O)N[C@H](C)C(=O)NC. The maximum atomic E-state index is 14.8. The van der Waals surface area contributed by atoms with Crippen LogP contribution >= 0.6 is 0 Å². The molecule has 8 atom stereocenters. The van der Waals surface area contributed by atoms with Crippen molar-refractivity contribution in [3.63, 3.8) is 0 Å². The minimum Gasteiger partial charge on any atom is -0.449 e. The van der Waals surface area contributed by atoms with E-state index in [-0.39, 0.29) is 89.0 Å². The zero-order chi connectivity index (χ0) is 66.1. The van der Waals surface area contributed by atoms with Gasteiger partial charge in [0, 0.05) is 64.9 Å². The van der Waals surface area contributed by atoms with Gasteiger partial charge in [-0.25, -0.2) is 9.59 Å². The Labute approximate surface area is 531 Å². The fraction of sp³-hybridized carbons (Fsp3) is 0.477. The second-order valence-electron chi connectivity index (χ2n) is 23.3. The molecule has 0 radical (unpaired) electrons. The van der Waals surface area contributed by atoms with E-state index in [1.165, 1.54) is 25.9 Å². The first-order valence-electron chi connectivity index (χ1n) is 31.0. The lowest BCUT2D eigenvalue weighted by atomic mass is 9.98. The van der Waals surface area contributed by atoms with E-state index < -0.39 is 108 Å². The number of primary amides is 1. The van der Waals surface area contributed by atoms with Crippen LogP contribution in [0.3, 0.4) is 0 Å². The Bertz CT molecular complexity index is 3160. The predicted molar refractivity (Wildman–Crippen MR) is 342 cm³/mol. The topological polar surface area (TPSA) is 381 Å². The van der Waals surface area contributed by atoms with Gasteiger partial charge in [-0.3, -0.25) is 48.3 Å². The van der Waals surface area contributed by atoms with Crippen molar-refractivity contribution in [2.75, 3.05) is 40.3 Å². The summed E-state index contributed by atoms with van der Waals surface area (Å²) in [5.41, 5.74) is 17.5. The van der Waals surface area contributed by atoms with Crippen LogP contribution in [-0.4, -0.2) is 164 Å². The monoisotopic (exact) mass is 1260 g/mol. The first-order chi connectivity index (χ1) is 43.6. The number of aromatic nitrogens is 1. The number of alkyl carbamates (subject to hydrolysis) is 1. The molecule has 490 valence electrons. The number of pyridine rings is 1. The number of benzene rings is 3. The van der Waals surface area contributed by atoms with Gasteiger partial charge >= 0.3 is 12.1 Å². The lowest BCUT2D eigenvalue weighted by Crippen LogP contribution is -2.60. The van der Waals surface area contributed by atoms with Crippen molar-refractivity contribution in [3.05, 3.63) is 125 Å². The number of hydrogen-bond donors (Lipinski definition) is 12. The highest BCUT2D eigenvalue weighted by Gasteiger charge is 2.40. The molecular weight excluding hydrogens is 1170 g/mol. The molecule has 26 heteroatoms. The van der Waals surface area contributed by atoms with Crippen LogP contribution in [0, 0.1) is 12.8 Å². The van der Waals surface area contributed by atoms with Crippen LogP contribution in [0.25, 0.3) is 11.1 Å². The number of aliphatic imine (C=N–C) groups is 1. The maximum Gasteiger partial charge on any atom is 0.407 e. The average molecular weight is 1260 g/mol. The molecule has 91 heavy (non-hydrogen) atoms. The summed E-state index contributed by atoms with van der Waals surface area (Å²) in [6.07, 6.45) is 3.42. The number of hydrogen-bond acceptors (Lipinski definition) is 13. The predicted octanol–water partition coefficient (Wildman–Crippen LogP) is 1.97. The first kappa shape index (κ1) is 70.5. The lowest BCUT2D eigenvalue weighted by Gasteiger charge is -2.31.